The Morgan fingerprint density at radius 2 is 2.06 bits per heavy atom. The number of aldehydes is 1. The van der Waals surface area contributed by atoms with Crippen molar-refractivity contribution in [3.8, 4) is 0 Å². The lowest BCUT2D eigenvalue weighted by Gasteiger charge is -2.28. The fourth-order valence-corrected chi connectivity index (χ4v) is 1.96. The standard InChI is InChI=1S/C13H16N2O2/c16-9-1-2-11-3-5-12(6-4-11)15-8-7-14-13(17)10-15/h3-6,9H,1-2,7-8,10H2,(H,14,17). The lowest BCUT2D eigenvalue weighted by molar-refractivity contribution is -0.120. The maximum Gasteiger partial charge on any atom is 0.239 e. The van der Waals surface area contributed by atoms with E-state index in [1.165, 1.54) is 0 Å². The highest BCUT2D eigenvalue weighted by Gasteiger charge is 2.15. The van der Waals surface area contributed by atoms with Gasteiger partial charge in [0.1, 0.15) is 6.29 Å². The fourth-order valence-electron chi connectivity index (χ4n) is 1.96. The van der Waals surface area contributed by atoms with E-state index in [4.69, 9.17) is 0 Å². The highest BCUT2D eigenvalue weighted by molar-refractivity contribution is 5.82. The number of hydrogen-bond acceptors (Lipinski definition) is 3. The average molecular weight is 232 g/mol. The van der Waals surface area contributed by atoms with E-state index in [2.05, 4.69) is 10.2 Å². The third-order valence-corrected chi connectivity index (χ3v) is 2.89. The van der Waals surface area contributed by atoms with Crippen molar-refractivity contribution in [2.75, 3.05) is 24.5 Å². The van der Waals surface area contributed by atoms with Gasteiger partial charge >= 0.3 is 0 Å². The molecule has 0 aromatic heterocycles. The first-order valence-corrected chi connectivity index (χ1v) is 5.84. The predicted octanol–water partition coefficient (Wildman–Crippen LogP) is 0.754. The van der Waals surface area contributed by atoms with Gasteiger partial charge in [-0.1, -0.05) is 12.1 Å². The first-order chi connectivity index (χ1) is 8.29. The number of nitrogens with one attached hydrogen (secondary N) is 1. The molecule has 1 saturated heterocycles. The van der Waals surface area contributed by atoms with Crippen molar-refractivity contribution in [2.45, 2.75) is 12.8 Å². The van der Waals surface area contributed by atoms with Crippen molar-refractivity contribution in [3.63, 3.8) is 0 Å². The summed E-state index contributed by atoms with van der Waals surface area (Å²) in [5.74, 6) is 0.0706. The third-order valence-electron chi connectivity index (χ3n) is 2.89. The zero-order chi connectivity index (χ0) is 12.1. The van der Waals surface area contributed by atoms with Crippen molar-refractivity contribution >= 4 is 17.9 Å². The maximum atomic E-state index is 11.3. The molecule has 1 fully saturated rings. The van der Waals surface area contributed by atoms with Gasteiger partial charge in [-0.05, 0) is 24.1 Å². The summed E-state index contributed by atoms with van der Waals surface area (Å²) >= 11 is 0. The van der Waals surface area contributed by atoms with Gasteiger partial charge in [0.05, 0.1) is 6.54 Å². The van der Waals surface area contributed by atoms with Crippen LogP contribution in [-0.2, 0) is 16.0 Å². The molecule has 90 valence electrons. The molecule has 2 rings (SSSR count). The molecule has 1 N–H and O–H groups in total. The number of anilines is 1. The highest BCUT2D eigenvalue weighted by atomic mass is 16.2. The molecule has 1 aliphatic heterocycles. The summed E-state index contributed by atoms with van der Waals surface area (Å²) in [4.78, 5) is 23.6. The van der Waals surface area contributed by atoms with Crippen LogP contribution in [-0.4, -0.2) is 31.8 Å². The van der Waals surface area contributed by atoms with E-state index in [-0.39, 0.29) is 5.91 Å². The number of nitrogens with zero attached hydrogens (tertiary/aromatic N) is 1. The van der Waals surface area contributed by atoms with E-state index >= 15 is 0 Å². The third kappa shape index (κ3) is 3.06. The van der Waals surface area contributed by atoms with Crippen molar-refractivity contribution < 1.29 is 9.59 Å². The molecule has 0 radical (unpaired) electrons. The molecule has 1 heterocycles. The van der Waals surface area contributed by atoms with Gasteiger partial charge < -0.3 is 15.0 Å². The van der Waals surface area contributed by atoms with Crippen LogP contribution in [0, 0.1) is 0 Å². The van der Waals surface area contributed by atoms with E-state index in [1.807, 2.05) is 24.3 Å². The molecule has 4 nitrogen and oxygen atoms in total. The van der Waals surface area contributed by atoms with E-state index < -0.39 is 0 Å². The number of rotatable bonds is 4. The second-order valence-corrected chi connectivity index (χ2v) is 4.14. The van der Waals surface area contributed by atoms with Crippen LogP contribution in [0.2, 0.25) is 0 Å². The van der Waals surface area contributed by atoms with Gasteiger partial charge in [-0.25, -0.2) is 0 Å². The average Bonchev–Trinajstić information content (AvgIpc) is 2.37. The Bertz CT molecular complexity index is 400. The molecule has 17 heavy (non-hydrogen) atoms. The zero-order valence-electron chi connectivity index (χ0n) is 9.69. The topological polar surface area (TPSA) is 49.4 Å². The van der Waals surface area contributed by atoms with Gasteiger partial charge in [0.15, 0.2) is 0 Å². The summed E-state index contributed by atoms with van der Waals surface area (Å²) in [6.07, 6.45) is 2.28. The van der Waals surface area contributed by atoms with E-state index in [0.717, 1.165) is 30.5 Å². The van der Waals surface area contributed by atoms with Crippen LogP contribution >= 0.6 is 0 Å². The Balaban J connectivity index is 2.01. The van der Waals surface area contributed by atoms with Crippen LogP contribution in [0.4, 0.5) is 5.69 Å². The Morgan fingerprint density at radius 1 is 1.29 bits per heavy atom. The zero-order valence-corrected chi connectivity index (χ0v) is 9.69. The Morgan fingerprint density at radius 3 is 2.71 bits per heavy atom. The Hall–Kier alpha value is -1.84. The molecule has 0 bridgehead atoms. The van der Waals surface area contributed by atoms with Crippen LogP contribution < -0.4 is 10.2 Å². The number of hydrogen-bond donors (Lipinski definition) is 1. The first kappa shape index (κ1) is 11.6. The van der Waals surface area contributed by atoms with E-state index in [9.17, 15) is 9.59 Å². The SMILES string of the molecule is O=CCCc1ccc(N2CCNC(=O)C2)cc1. The summed E-state index contributed by atoms with van der Waals surface area (Å²) in [5.41, 5.74) is 2.22. The van der Waals surface area contributed by atoms with Crippen molar-refractivity contribution in [1.82, 2.24) is 5.32 Å². The van der Waals surface area contributed by atoms with E-state index in [0.29, 0.717) is 19.5 Å². The van der Waals surface area contributed by atoms with Crippen LogP contribution in [0.3, 0.4) is 0 Å². The first-order valence-electron chi connectivity index (χ1n) is 5.84. The smallest absolute Gasteiger partial charge is 0.239 e. The molecule has 1 aromatic carbocycles. The summed E-state index contributed by atoms with van der Waals surface area (Å²) in [6.45, 7) is 1.97. The van der Waals surface area contributed by atoms with Crippen molar-refractivity contribution in [2.24, 2.45) is 0 Å². The van der Waals surface area contributed by atoms with Crippen molar-refractivity contribution in [3.05, 3.63) is 29.8 Å². The molecule has 1 aromatic rings. The summed E-state index contributed by atoms with van der Waals surface area (Å²) in [5, 5.41) is 2.80. The molecular formula is C13H16N2O2. The Kier molecular flexibility index (Phi) is 3.75. The maximum absolute atomic E-state index is 11.3. The molecule has 0 aliphatic carbocycles. The molecule has 1 aliphatic rings. The number of benzene rings is 1. The number of amides is 1. The lowest BCUT2D eigenvalue weighted by Crippen LogP contribution is -2.47. The molecule has 4 heteroatoms. The summed E-state index contributed by atoms with van der Waals surface area (Å²) < 4.78 is 0. The minimum absolute atomic E-state index is 0.0706. The molecule has 0 spiro atoms. The fraction of sp³-hybridized carbons (Fsp3) is 0.385. The number of carbonyl (C=O) groups excluding carboxylic acids is 2. The minimum Gasteiger partial charge on any atom is -0.360 e. The number of carbonyl (C=O) groups is 2. The molecule has 0 atom stereocenters. The second kappa shape index (κ2) is 5.48. The van der Waals surface area contributed by atoms with Crippen LogP contribution in [0.15, 0.2) is 24.3 Å². The van der Waals surface area contributed by atoms with Gasteiger partial charge in [0.25, 0.3) is 0 Å². The quantitative estimate of drug-likeness (QED) is 0.779. The minimum atomic E-state index is 0.0706. The summed E-state index contributed by atoms with van der Waals surface area (Å²) in [7, 11) is 0. The molecule has 1 amide bonds. The second-order valence-electron chi connectivity index (χ2n) is 4.14. The Labute approximate surface area is 101 Å². The molecule has 0 saturated carbocycles. The van der Waals surface area contributed by atoms with Crippen LogP contribution in [0.5, 0.6) is 0 Å². The number of piperazine rings is 1. The molecular weight excluding hydrogens is 216 g/mol. The van der Waals surface area contributed by atoms with Crippen LogP contribution in [0.25, 0.3) is 0 Å². The largest absolute Gasteiger partial charge is 0.360 e. The van der Waals surface area contributed by atoms with Gasteiger partial charge in [0.2, 0.25) is 5.91 Å². The van der Waals surface area contributed by atoms with Gasteiger partial charge in [-0.3, -0.25) is 4.79 Å². The van der Waals surface area contributed by atoms with Gasteiger partial charge in [-0.2, -0.15) is 0 Å². The number of aryl methyl sites for hydroxylation is 1. The monoisotopic (exact) mass is 232 g/mol. The predicted molar refractivity (Wildman–Crippen MR) is 66.0 cm³/mol. The normalized spacial score (nSPS) is 15.5. The lowest BCUT2D eigenvalue weighted by atomic mass is 10.1. The van der Waals surface area contributed by atoms with Gasteiger partial charge in [-0.15, -0.1) is 0 Å². The van der Waals surface area contributed by atoms with E-state index in [1.54, 1.807) is 0 Å². The highest BCUT2D eigenvalue weighted by Crippen LogP contribution is 2.16. The van der Waals surface area contributed by atoms with Crippen molar-refractivity contribution in [1.29, 1.82) is 0 Å². The van der Waals surface area contributed by atoms with Crippen LogP contribution in [0.1, 0.15) is 12.0 Å². The van der Waals surface area contributed by atoms with Gasteiger partial charge in [0, 0.05) is 25.2 Å². The molecule has 0 unspecified atom stereocenters. The summed E-state index contributed by atoms with van der Waals surface area (Å²) in [6, 6.07) is 8.06.